The highest BCUT2D eigenvalue weighted by atomic mass is 35.5. The summed E-state index contributed by atoms with van der Waals surface area (Å²) in [6, 6.07) is 7.45. The molecular formula is C11H8ClN3S. The van der Waals surface area contributed by atoms with Crippen LogP contribution in [0.5, 0.6) is 0 Å². The highest BCUT2D eigenvalue weighted by molar-refractivity contribution is 7.71. The van der Waals surface area contributed by atoms with Crippen molar-refractivity contribution in [2.45, 2.75) is 6.54 Å². The van der Waals surface area contributed by atoms with Crippen LogP contribution in [0.3, 0.4) is 0 Å². The van der Waals surface area contributed by atoms with Crippen molar-refractivity contribution in [1.29, 1.82) is 5.26 Å². The third-order valence-corrected chi connectivity index (χ3v) is 2.68. The van der Waals surface area contributed by atoms with E-state index < -0.39 is 0 Å². The molecule has 2 aromatic rings. The molecule has 0 fully saturated rings. The molecule has 0 atom stereocenters. The Morgan fingerprint density at radius 3 is 3.00 bits per heavy atom. The zero-order valence-corrected chi connectivity index (χ0v) is 9.90. The average Bonchev–Trinajstić information content (AvgIpc) is 2.54. The summed E-state index contributed by atoms with van der Waals surface area (Å²) >= 11 is 11.0. The summed E-state index contributed by atoms with van der Waals surface area (Å²) < 4.78 is 2.40. The summed E-state index contributed by atoms with van der Waals surface area (Å²) in [7, 11) is 0. The smallest absolute Gasteiger partial charge is 0.178 e. The van der Waals surface area contributed by atoms with E-state index in [-0.39, 0.29) is 0 Å². The molecule has 0 aliphatic carbocycles. The van der Waals surface area contributed by atoms with Crippen molar-refractivity contribution in [3.05, 3.63) is 40.1 Å². The van der Waals surface area contributed by atoms with Gasteiger partial charge >= 0.3 is 0 Å². The summed E-state index contributed by atoms with van der Waals surface area (Å²) in [5.41, 5.74) is 2.35. The van der Waals surface area contributed by atoms with Gasteiger partial charge in [0.15, 0.2) is 4.77 Å². The van der Waals surface area contributed by atoms with E-state index in [2.05, 4.69) is 17.6 Å². The number of nitrogens with zero attached hydrogens (tertiary/aromatic N) is 2. The molecule has 80 valence electrons. The van der Waals surface area contributed by atoms with Crippen LogP contribution in [0.1, 0.15) is 5.56 Å². The number of hydrogen-bond acceptors (Lipinski definition) is 2. The highest BCUT2D eigenvalue weighted by Crippen LogP contribution is 2.17. The van der Waals surface area contributed by atoms with E-state index in [1.165, 1.54) is 0 Å². The van der Waals surface area contributed by atoms with Crippen molar-refractivity contribution in [2.75, 3.05) is 0 Å². The molecular weight excluding hydrogens is 242 g/mol. The predicted molar refractivity (Wildman–Crippen MR) is 66.8 cm³/mol. The third kappa shape index (κ3) is 1.87. The van der Waals surface area contributed by atoms with Gasteiger partial charge in [0.05, 0.1) is 29.2 Å². The lowest BCUT2D eigenvalue weighted by atomic mass is 10.2. The number of benzene rings is 1. The van der Waals surface area contributed by atoms with Gasteiger partial charge in [-0.3, -0.25) is 0 Å². The minimum absolute atomic E-state index is 0.440. The van der Waals surface area contributed by atoms with Crippen LogP contribution >= 0.6 is 23.8 Å². The molecule has 0 aliphatic rings. The van der Waals surface area contributed by atoms with Crippen LogP contribution in [-0.4, -0.2) is 9.55 Å². The van der Waals surface area contributed by atoms with Crippen molar-refractivity contribution < 1.29 is 0 Å². The first-order valence-electron chi connectivity index (χ1n) is 4.58. The number of fused-ring (bicyclic) bond motifs is 1. The molecule has 16 heavy (non-hydrogen) atoms. The lowest BCUT2D eigenvalue weighted by Gasteiger charge is -2.02. The van der Waals surface area contributed by atoms with Crippen LogP contribution in [0.4, 0.5) is 0 Å². The van der Waals surface area contributed by atoms with Crippen LogP contribution in [0, 0.1) is 16.1 Å². The van der Waals surface area contributed by atoms with E-state index in [4.69, 9.17) is 29.1 Å². The van der Waals surface area contributed by atoms with Gasteiger partial charge in [-0.1, -0.05) is 18.2 Å². The lowest BCUT2D eigenvalue weighted by molar-refractivity contribution is 0.825. The van der Waals surface area contributed by atoms with E-state index in [1.807, 2.05) is 10.6 Å². The number of rotatable bonds is 2. The van der Waals surface area contributed by atoms with E-state index in [0.29, 0.717) is 21.9 Å². The molecule has 0 amide bonds. The minimum Gasteiger partial charge on any atom is -0.331 e. The second-order valence-electron chi connectivity index (χ2n) is 3.38. The summed E-state index contributed by atoms with van der Waals surface area (Å²) in [5.74, 6) is 0. The van der Waals surface area contributed by atoms with E-state index in [1.54, 1.807) is 12.1 Å². The summed E-state index contributed by atoms with van der Waals surface area (Å²) in [5, 5.41) is 9.34. The number of allylic oxidation sites excluding steroid dienone is 1. The van der Waals surface area contributed by atoms with Gasteiger partial charge in [0.1, 0.15) is 0 Å². The van der Waals surface area contributed by atoms with E-state index >= 15 is 0 Å². The van der Waals surface area contributed by atoms with Crippen LogP contribution in [-0.2, 0) is 6.54 Å². The number of nitriles is 1. The Hall–Kier alpha value is -1.57. The maximum Gasteiger partial charge on any atom is 0.178 e. The number of nitrogens with one attached hydrogen (secondary N) is 1. The normalized spacial score (nSPS) is 10.2. The molecule has 0 unspecified atom stereocenters. The first kappa shape index (κ1) is 10.9. The zero-order chi connectivity index (χ0) is 11.7. The molecule has 1 aromatic carbocycles. The van der Waals surface area contributed by atoms with Crippen molar-refractivity contribution >= 4 is 34.9 Å². The SMILES string of the molecule is C=C(Cl)Cn1c(=S)[nH]c2ccc(C#N)cc21. The van der Waals surface area contributed by atoms with Gasteiger partial charge < -0.3 is 9.55 Å². The number of aromatic nitrogens is 2. The van der Waals surface area contributed by atoms with Crippen LogP contribution in [0.25, 0.3) is 11.0 Å². The lowest BCUT2D eigenvalue weighted by Crippen LogP contribution is -1.97. The van der Waals surface area contributed by atoms with Crippen LogP contribution in [0.15, 0.2) is 29.8 Å². The van der Waals surface area contributed by atoms with E-state index in [9.17, 15) is 0 Å². The first-order valence-corrected chi connectivity index (χ1v) is 5.36. The Labute approximate surface area is 103 Å². The van der Waals surface area contributed by atoms with Crippen LogP contribution < -0.4 is 0 Å². The quantitative estimate of drug-likeness (QED) is 0.830. The molecule has 1 aromatic heterocycles. The number of H-pyrrole nitrogens is 1. The largest absolute Gasteiger partial charge is 0.331 e. The number of aromatic amines is 1. The highest BCUT2D eigenvalue weighted by Gasteiger charge is 2.05. The summed E-state index contributed by atoms with van der Waals surface area (Å²) in [4.78, 5) is 3.05. The molecule has 5 heteroatoms. The van der Waals surface area contributed by atoms with Gasteiger partial charge in [-0.25, -0.2) is 0 Å². The number of hydrogen-bond donors (Lipinski definition) is 1. The molecule has 0 aliphatic heterocycles. The second-order valence-corrected chi connectivity index (χ2v) is 4.30. The maximum absolute atomic E-state index is 8.84. The molecule has 1 heterocycles. The fourth-order valence-corrected chi connectivity index (χ4v) is 1.94. The third-order valence-electron chi connectivity index (χ3n) is 2.23. The molecule has 3 nitrogen and oxygen atoms in total. The molecule has 0 spiro atoms. The van der Waals surface area contributed by atoms with Gasteiger partial charge in [-0.15, -0.1) is 0 Å². The summed E-state index contributed by atoms with van der Waals surface area (Å²) in [6.45, 7) is 4.08. The summed E-state index contributed by atoms with van der Waals surface area (Å²) in [6.07, 6.45) is 0. The molecule has 2 rings (SSSR count). The molecule has 0 bridgehead atoms. The Bertz CT molecular complexity index is 660. The van der Waals surface area contributed by atoms with Crippen molar-refractivity contribution in [1.82, 2.24) is 9.55 Å². The van der Waals surface area contributed by atoms with Crippen molar-refractivity contribution in [3.8, 4) is 6.07 Å². The predicted octanol–water partition coefficient (Wildman–Crippen LogP) is 3.32. The standard InChI is InChI=1S/C11H8ClN3S/c1-7(12)6-15-10-4-8(5-13)2-3-9(10)14-11(15)16/h2-4H,1,6H2,(H,14,16). The van der Waals surface area contributed by atoms with Gasteiger partial charge in [0.25, 0.3) is 0 Å². The molecule has 0 saturated carbocycles. The first-order chi connectivity index (χ1) is 7.61. The van der Waals surface area contributed by atoms with Crippen molar-refractivity contribution in [2.24, 2.45) is 0 Å². The second kappa shape index (κ2) is 4.12. The fraction of sp³-hybridized carbons (Fsp3) is 0.0909. The maximum atomic E-state index is 8.84. The Morgan fingerprint density at radius 1 is 1.62 bits per heavy atom. The van der Waals surface area contributed by atoms with E-state index in [0.717, 1.165) is 11.0 Å². The average molecular weight is 250 g/mol. The topological polar surface area (TPSA) is 44.5 Å². The van der Waals surface area contributed by atoms with Gasteiger partial charge in [0, 0.05) is 5.03 Å². The Morgan fingerprint density at radius 2 is 2.38 bits per heavy atom. The Kier molecular flexibility index (Phi) is 2.82. The fourth-order valence-electron chi connectivity index (χ4n) is 1.55. The number of halogens is 1. The zero-order valence-electron chi connectivity index (χ0n) is 8.33. The van der Waals surface area contributed by atoms with Gasteiger partial charge in [-0.05, 0) is 30.4 Å². The van der Waals surface area contributed by atoms with Crippen LogP contribution in [0.2, 0.25) is 0 Å². The molecule has 0 saturated heterocycles. The monoisotopic (exact) mass is 249 g/mol. The Balaban J connectivity index is 2.71. The number of imidazole rings is 1. The minimum atomic E-state index is 0.440. The molecule has 0 radical (unpaired) electrons. The van der Waals surface area contributed by atoms with Crippen molar-refractivity contribution in [3.63, 3.8) is 0 Å². The molecule has 1 N–H and O–H groups in total. The van der Waals surface area contributed by atoms with Gasteiger partial charge in [0.2, 0.25) is 0 Å². The van der Waals surface area contributed by atoms with Gasteiger partial charge in [-0.2, -0.15) is 5.26 Å².